The summed E-state index contributed by atoms with van der Waals surface area (Å²) in [7, 11) is -1.92. The maximum absolute atomic E-state index is 12.6. The Kier molecular flexibility index (Phi) is 4.34. The molecule has 0 atom stereocenters. The van der Waals surface area contributed by atoms with E-state index in [4.69, 9.17) is 0 Å². The smallest absolute Gasteiger partial charge is 0.265 e. The second-order valence-corrected chi connectivity index (χ2v) is 6.76. The molecule has 1 aromatic carbocycles. The number of benzene rings is 1. The quantitative estimate of drug-likeness (QED) is 0.787. The Hall–Kier alpha value is -1.86. The Morgan fingerprint density at radius 3 is 2.33 bits per heavy atom. The summed E-state index contributed by atoms with van der Waals surface area (Å²) < 4.78 is 27.8. The van der Waals surface area contributed by atoms with Gasteiger partial charge in [-0.3, -0.25) is 9.82 Å². The zero-order chi connectivity index (χ0) is 15.6. The summed E-state index contributed by atoms with van der Waals surface area (Å²) in [5, 5.41) is 9.69. The normalized spacial score (nSPS) is 11.6. The molecule has 21 heavy (non-hydrogen) atoms. The van der Waals surface area contributed by atoms with Crippen LogP contribution in [-0.2, 0) is 16.6 Å². The topological polar surface area (TPSA) is 86.9 Å². The van der Waals surface area contributed by atoms with Gasteiger partial charge in [0.05, 0.1) is 11.4 Å². The molecule has 0 radical (unpaired) electrons. The van der Waals surface area contributed by atoms with Crippen molar-refractivity contribution in [2.24, 2.45) is 0 Å². The molecule has 2 aromatic rings. The molecular weight excluding hydrogens is 288 g/mol. The van der Waals surface area contributed by atoms with Gasteiger partial charge < -0.3 is 5.32 Å². The van der Waals surface area contributed by atoms with Crippen molar-refractivity contribution in [1.82, 2.24) is 15.5 Å². The van der Waals surface area contributed by atoms with Crippen LogP contribution < -0.4 is 10.0 Å². The van der Waals surface area contributed by atoms with Crippen LogP contribution in [-0.4, -0.2) is 25.7 Å². The highest BCUT2D eigenvalue weighted by Crippen LogP contribution is 2.22. The van der Waals surface area contributed by atoms with Gasteiger partial charge in [0.15, 0.2) is 0 Å². The Morgan fingerprint density at radius 2 is 1.76 bits per heavy atom. The molecule has 7 heteroatoms. The summed E-state index contributed by atoms with van der Waals surface area (Å²) in [4.78, 5) is 0.205. The molecule has 0 bridgehead atoms. The molecule has 0 aliphatic heterocycles. The Balaban J connectivity index is 2.41. The van der Waals surface area contributed by atoms with E-state index in [-0.39, 0.29) is 4.90 Å². The molecule has 0 amide bonds. The van der Waals surface area contributed by atoms with E-state index in [2.05, 4.69) is 20.2 Å². The lowest BCUT2D eigenvalue weighted by Gasteiger charge is -2.10. The van der Waals surface area contributed by atoms with Crippen LogP contribution in [0.5, 0.6) is 0 Å². The van der Waals surface area contributed by atoms with Crippen molar-refractivity contribution in [3.8, 4) is 0 Å². The Morgan fingerprint density at radius 1 is 1.14 bits per heavy atom. The van der Waals surface area contributed by atoms with Crippen LogP contribution in [0.25, 0.3) is 0 Å². The van der Waals surface area contributed by atoms with Crippen LogP contribution in [0.2, 0.25) is 0 Å². The van der Waals surface area contributed by atoms with E-state index in [0.717, 1.165) is 11.1 Å². The number of aromatic nitrogens is 2. The van der Waals surface area contributed by atoms with Gasteiger partial charge in [-0.15, -0.1) is 0 Å². The highest BCUT2D eigenvalue weighted by molar-refractivity contribution is 7.92. The van der Waals surface area contributed by atoms with Crippen molar-refractivity contribution < 1.29 is 8.42 Å². The van der Waals surface area contributed by atoms with Gasteiger partial charge in [-0.1, -0.05) is 6.07 Å². The number of sulfonamides is 1. The summed E-state index contributed by atoms with van der Waals surface area (Å²) in [5.41, 5.74) is 3.58. The van der Waals surface area contributed by atoms with Gasteiger partial charge in [-0.25, -0.2) is 8.42 Å². The van der Waals surface area contributed by atoms with E-state index >= 15 is 0 Å². The average molecular weight is 308 g/mol. The van der Waals surface area contributed by atoms with E-state index in [0.29, 0.717) is 23.6 Å². The lowest BCUT2D eigenvalue weighted by molar-refractivity contribution is 0.598. The predicted molar refractivity (Wildman–Crippen MR) is 82.8 cm³/mol. The van der Waals surface area contributed by atoms with Gasteiger partial charge in [-0.05, 0) is 51.1 Å². The van der Waals surface area contributed by atoms with Gasteiger partial charge in [0, 0.05) is 12.2 Å². The number of H-pyrrole nitrogens is 1. The van der Waals surface area contributed by atoms with Crippen molar-refractivity contribution in [3.05, 3.63) is 40.7 Å². The molecule has 0 aliphatic rings. The second kappa shape index (κ2) is 5.87. The van der Waals surface area contributed by atoms with E-state index in [1.807, 2.05) is 19.9 Å². The standard InChI is InChI=1S/C14H20N4O2S/c1-9-5-10(2)7-12(6-9)18-21(19,20)14-11(3)16-17-13(14)8-15-4/h5-7,15,18H,8H2,1-4H3,(H,16,17). The zero-order valence-electron chi connectivity index (χ0n) is 12.6. The third kappa shape index (κ3) is 3.43. The molecular formula is C14H20N4O2S. The molecule has 0 aliphatic carbocycles. The van der Waals surface area contributed by atoms with Gasteiger partial charge in [0.1, 0.15) is 4.90 Å². The molecule has 0 spiro atoms. The number of aryl methyl sites for hydroxylation is 3. The lowest BCUT2D eigenvalue weighted by atomic mass is 10.1. The molecule has 0 saturated carbocycles. The number of nitrogens with zero attached hydrogens (tertiary/aromatic N) is 1. The fourth-order valence-electron chi connectivity index (χ4n) is 2.35. The molecule has 0 fully saturated rings. The minimum Gasteiger partial charge on any atom is -0.314 e. The first-order valence-corrected chi connectivity index (χ1v) is 8.11. The first-order valence-electron chi connectivity index (χ1n) is 6.63. The van der Waals surface area contributed by atoms with Crippen LogP contribution in [0.4, 0.5) is 5.69 Å². The zero-order valence-corrected chi connectivity index (χ0v) is 13.4. The fourth-order valence-corrected chi connectivity index (χ4v) is 3.76. The van der Waals surface area contributed by atoms with Crippen molar-refractivity contribution >= 4 is 15.7 Å². The van der Waals surface area contributed by atoms with E-state index < -0.39 is 10.0 Å². The number of rotatable bonds is 5. The summed E-state index contributed by atoms with van der Waals surface area (Å²) in [6.45, 7) is 5.94. The predicted octanol–water partition coefficient (Wildman–Crippen LogP) is 1.86. The van der Waals surface area contributed by atoms with Crippen LogP contribution in [0.15, 0.2) is 23.1 Å². The molecule has 0 unspecified atom stereocenters. The Bertz CT molecular complexity index is 730. The van der Waals surface area contributed by atoms with Crippen molar-refractivity contribution in [2.45, 2.75) is 32.2 Å². The highest BCUT2D eigenvalue weighted by Gasteiger charge is 2.24. The number of hydrogen-bond acceptors (Lipinski definition) is 4. The van der Waals surface area contributed by atoms with E-state index in [1.165, 1.54) is 0 Å². The molecule has 114 valence electrons. The van der Waals surface area contributed by atoms with Gasteiger partial charge in [-0.2, -0.15) is 5.10 Å². The van der Waals surface area contributed by atoms with Crippen molar-refractivity contribution in [3.63, 3.8) is 0 Å². The molecule has 2 rings (SSSR count). The Labute approximate surface area is 125 Å². The maximum atomic E-state index is 12.6. The molecule has 1 aromatic heterocycles. The number of nitrogens with one attached hydrogen (secondary N) is 3. The monoisotopic (exact) mass is 308 g/mol. The molecule has 3 N–H and O–H groups in total. The van der Waals surface area contributed by atoms with Crippen molar-refractivity contribution in [2.75, 3.05) is 11.8 Å². The fraction of sp³-hybridized carbons (Fsp3) is 0.357. The molecule has 6 nitrogen and oxygen atoms in total. The lowest BCUT2D eigenvalue weighted by Crippen LogP contribution is -2.17. The minimum absolute atomic E-state index is 0.205. The largest absolute Gasteiger partial charge is 0.314 e. The first-order chi connectivity index (χ1) is 9.83. The van der Waals surface area contributed by atoms with Crippen LogP contribution in [0, 0.1) is 20.8 Å². The third-order valence-electron chi connectivity index (χ3n) is 3.05. The molecule has 0 saturated heterocycles. The SMILES string of the molecule is CNCc1n[nH]c(C)c1S(=O)(=O)Nc1cc(C)cc(C)c1. The van der Waals surface area contributed by atoms with Gasteiger partial charge >= 0.3 is 0 Å². The molecule has 1 heterocycles. The maximum Gasteiger partial charge on any atom is 0.265 e. The van der Waals surface area contributed by atoms with Crippen molar-refractivity contribution in [1.29, 1.82) is 0 Å². The third-order valence-corrected chi connectivity index (χ3v) is 4.63. The van der Waals surface area contributed by atoms with Gasteiger partial charge in [0.25, 0.3) is 10.0 Å². The van der Waals surface area contributed by atoms with E-state index in [9.17, 15) is 8.42 Å². The second-order valence-electron chi connectivity index (χ2n) is 5.14. The van der Waals surface area contributed by atoms with Gasteiger partial charge in [0.2, 0.25) is 0 Å². The number of hydrogen-bond donors (Lipinski definition) is 3. The summed E-state index contributed by atoms with van der Waals surface area (Å²) in [6.07, 6.45) is 0. The summed E-state index contributed by atoms with van der Waals surface area (Å²) in [6, 6.07) is 5.60. The van der Waals surface area contributed by atoms with Crippen LogP contribution in [0.3, 0.4) is 0 Å². The average Bonchev–Trinajstić information content (AvgIpc) is 2.69. The summed E-state index contributed by atoms with van der Waals surface area (Å²) >= 11 is 0. The first kappa shape index (κ1) is 15.5. The minimum atomic E-state index is -3.67. The van der Waals surface area contributed by atoms with Crippen LogP contribution in [0.1, 0.15) is 22.5 Å². The summed E-state index contributed by atoms with van der Waals surface area (Å²) in [5.74, 6) is 0. The van der Waals surface area contributed by atoms with Crippen LogP contribution >= 0.6 is 0 Å². The van der Waals surface area contributed by atoms with E-state index in [1.54, 1.807) is 26.1 Å². The number of aromatic amines is 1. The number of anilines is 1. The highest BCUT2D eigenvalue weighted by atomic mass is 32.2.